The third-order valence-electron chi connectivity index (χ3n) is 3.67. The monoisotopic (exact) mass is 317 g/mol. The molecule has 1 aromatic rings. The molecule has 0 unspecified atom stereocenters. The van der Waals surface area contributed by atoms with Crippen LogP contribution in [0.5, 0.6) is 0 Å². The van der Waals surface area contributed by atoms with E-state index in [2.05, 4.69) is 4.72 Å². The van der Waals surface area contributed by atoms with Gasteiger partial charge in [-0.2, -0.15) is 0 Å². The smallest absolute Gasteiger partial charge is 0.229 e. The Kier molecular flexibility index (Phi) is 3.73. The molecule has 0 spiro atoms. The lowest BCUT2D eigenvalue weighted by molar-refractivity contribution is 0.462. The maximum Gasteiger partial charge on any atom is 0.241 e. The minimum absolute atomic E-state index is 0.0267. The number of nitrogens with one attached hydrogen (secondary N) is 1. The maximum absolute atomic E-state index is 12.4. The highest BCUT2D eigenvalue weighted by Crippen LogP contribution is 2.25. The molecule has 0 amide bonds. The molecular weight excluding hydrogens is 298 g/mol. The summed E-state index contributed by atoms with van der Waals surface area (Å²) < 4.78 is 50.3. The first-order chi connectivity index (χ1) is 9.03. The summed E-state index contributed by atoms with van der Waals surface area (Å²) in [6.07, 6.45) is 0.305. The fraction of sp³-hybridized carbons (Fsp3) is 0.538. The van der Waals surface area contributed by atoms with Crippen LogP contribution in [0.25, 0.3) is 0 Å². The maximum atomic E-state index is 12.4. The first-order valence-corrected chi connectivity index (χ1v) is 9.65. The van der Waals surface area contributed by atoms with Crippen LogP contribution in [-0.2, 0) is 19.9 Å². The van der Waals surface area contributed by atoms with Gasteiger partial charge < -0.3 is 0 Å². The van der Waals surface area contributed by atoms with Gasteiger partial charge in [-0.05, 0) is 50.5 Å². The van der Waals surface area contributed by atoms with Crippen molar-refractivity contribution in [2.45, 2.75) is 37.6 Å². The van der Waals surface area contributed by atoms with Crippen molar-refractivity contribution in [3.05, 3.63) is 29.3 Å². The Morgan fingerprint density at radius 3 is 2.35 bits per heavy atom. The molecule has 2 rings (SSSR count). The van der Waals surface area contributed by atoms with Gasteiger partial charge in [-0.25, -0.2) is 21.6 Å². The molecule has 1 N–H and O–H groups in total. The summed E-state index contributed by atoms with van der Waals surface area (Å²) in [4.78, 5) is 0.172. The van der Waals surface area contributed by atoms with Crippen LogP contribution >= 0.6 is 0 Å². The van der Waals surface area contributed by atoms with Crippen molar-refractivity contribution in [2.24, 2.45) is 0 Å². The van der Waals surface area contributed by atoms with Crippen LogP contribution in [-0.4, -0.2) is 33.9 Å². The fourth-order valence-electron chi connectivity index (χ4n) is 2.36. The number of hydrogen-bond donors (Lipinski definition) is 1. The van der Waals surface area contributed by atoms with E-state index in [-0.39, 0.29) is 16.4 Å². The van der Waals surface area contributed by atoms with Crippen LogP contribution in [0.15, 0.2) is 23.1 Å². The Balaban J connectivity index is 2.30. The molecule has 1 aromatic carbocycles. The topological polar surface area (TPSA) is 80.3 Å². The van der Waals surface area contributed by atoms with Gasteiger partial charge >= 0.3 is 0 Å². The summed E-state index contributed by atoms with van der Waals surface area (Å²) in [6, 6.07) is 4.89. The van der Waals surface area contributed by atoms with Crippen molar-refractivity contribution in [1.82, 2.24) is 4.72 Å². The highest BCUT2D eigenvalue weighted by molar-refractivity contribution is 7.92. The highest BCUT2D eigenvalue weighted by atomic mass is 32.2. The van der Waals surface area contributed by atoms with E-state index in [0.29, 0.717) is 6.42 Å². The molecule has 0 radical (unpaired) electrons. The van der Waals surface area contributed by atoms with E-state index in [4.69, 9.17) is 0 Å². The molecule has 5 nitrogen and oxygen atoms in total. The third-order valence-corrected chi connectivity index (χ3v) is 7.21. The largest absolute Gasteiger partial charge is 0.241 e. The molecule has 1 atom stereocenters. The van der Waals surface area contributed by atoms with Crippen LogP contribution < -0.4 is 4.72 Å². The van der Waals surface area contributed by atoms with Crippen molar-refractivity contribution in [3.63, 3.8) is 0 Å². The zero-order chi connectivity index (χ0) is 15.2. The quantitative estimate of drug-likeness (QED) is 0.907. The first-order valence-electron chi connectivity index (χ1n) is 6.35. The van der Waals surface area contributed by atoms with E-state index in [1.807, 2.05) is 13.8 Å². The van der Waals surface area contributed by atoms with Crippen LogP contribution in [0, 0.1) is 13.8 Å². The van der Waals surface area contributed by atoms with Crippen molar-refractivity contribution >= 4 is 19.9 Å². The SMILES string of the molecule is Cc1ccc(S(=O)(=O)N[C@@]2(C)CCS(=O)(=O)C2)cc1C. The Morgan fingerprint density at radius 2 is 1.85 bits per heavy atom. The predicted octanol–water partition coefficient (Wildman–Crippen LogP) is 1.16. The summed E-state index contributed by atoms with van der Waals surface area (Å²) in [5.74, 6) is -0.122. The van der Waals surface area contributed by atoms with Crippen LogP contribution in [0.2, 0.25) is 0 Å². The normalized spacial score (nSPS) is 25.8. The second-order valence-corrected chi connectivity index (χ2v) is 9.62. The summed E-state index contributed by atoms with van der Waals surface area (Å²) in [6.45, 7) is 5.39. The Morgan fingerprint density at radius 1 is 1.20 bits per heavy atom. The zero-order valence-corrected chi connectivity index (χ0v) is 13.4. The molecule has 1 heterocycles. The first kappa shape index (κ1) is 15.5. The second kappa shape index (κ2) is 4.82. The van der Waals surface area contributed by atoms with Crippen LogP contribution in [0.3, 0.4) is 0 Å². The van der Waals surface area contributed by atoms with Gasteiger partial charge in [-0.1, -0.05) is 6.07 Å². The Hall–Kier alpha value is -0.920. The average Bonchev–Trinajstić information content (AvgIpc) is 2.55. The van der Waals surface area contributed by atoms with Crippen LogP contribution in [0.1, 0.15) is 24.5 Å². The number of hydrogen-bond acceptors (Lipinski definition) is 4. The lowest BCUT2D eigenvalue weighted by atomic mass is 10.0. The van der Waals surface area contributed by atoms with Crippen molar-refractivity contribution in [3.8, 4) is 0 Å². The molecule has 0 saturated carbocycles. The molecular formula is C13H19NO4S2. The lowest BCUT2D eigenvalue weighted by Crippen LogP contribution is -2.46. The van der Waals surface area contributed by atoms with E-state index in [1.54, 1.807) is 19.1 Å². The molecule has 1 saturated heterocycles. The zero-order valence-electron chi connectivity index (χ0n) is 11.8. The fourth-order valence-corrected chi connectivity index (χ4v) is 6.06. The van der Waals surface area contributed by atoms with Gasteiger partial charge in [0.25, 0.3) is 0 Å². The summed E-state index contributed by atoms with van der Waals surface area (Å²) >= 11 is 0. The van der Waals surface area contributed by atoms with Gasteiger partial charge in [0.05, 0.1) is 16.4 Å². The summed E-state index contributed by atoms with van der Waals surface area (Å²) in [5.41, 5.74) is 0.979. The predicted molar refractivity (Wildman–Crippen MR) is 77.9 cm³/mol. The third kappa shape index (κ3) is 3.21. The van der Waals surface area contributed by atoms with Crippen molar-refractivity contribution in [1.29, 1.82) is 0 Å². The average molecular weight is 317 g/mol. The molecule has 1 aliphatic rings. The van der Waals surface area contributed by atoms with Gasteiger partial charge in [0.15, 0.2) is 9.84 Å². The molecule has 20 heavy (non-hydrogen) atoms. The Bertz CT molecular complexity index is 738. The highest BCUT2D eigenvalue weighted by Gasteiger charge is 2.41. The van der Waals surface area contributed by atoms with Crippen molar-refractivity contribution < 1.29 is 16.8 Å². The van der Waals surface area contributed by atoms with Gasteiger partial charge in [-0.15, -0.1) is 0 Å². The Labute approximate surface area is 120 Å². The second-order valence-electron chi connectivity index (χ2n) is 5.75. The molecule has 0 aromatic heterocycles. The molecule has 0 bridgehead atoms. The summed E-state index contributed by atoms with van der Waals surface area (Å²) in [5, 5.41) is 0. The number of rotatable bonds is 3. The van der Waals surface area contributed by atoms with Gasteiger partial charge in [0.1, 0.15) is 0 Å². The van der Waals surface area contributed by atoms with E-state index in [0.717, 1.165) is 11.1 Å². The number of benzene rings is 1. The number of sulfone groups is 1. The minimum atomic E-state index is -3.71. The molecule has 1 aliphatic heterocycles. The van der Waals surface area contributed by atoms with E-state index in [9.17, 15) is 16.8 Å². The number of sulfonamides is 1. The molecule has 112 valence electrons. The van der Waals surface area contributed by atoms with E-state index >= 15 is 0 Å². The molecule has 7 heteroatoms. The van der Waals surface area contributed by atoms with Gasteiger partial charge in [0, 0.05) is 5.54 Å². The van der Waals surface area contributed by atoms with E-state index < -0.39 is 25.4 Å². The van der Waals surface area contributed by atoms with Gasteiger partial charge in [-0.3, -0.25) is 0 Å². The standard InChI is InChI=1S/C13H19NO4S2/c1-10-4-5-12(8-11(10)2)20(17,18)14-13(3)6-7-19(15,16)9-13/h4-5,8,14H,6-7,9H2,1-3H3/t13-/m0/s1. The minimum Gasteiger partial charge on any atom is -0.229 e. The molecule has 1 fully saturated rings. The van der Waals surface area contributed by atoms with Crippen LogP contribution in [0.4, 0.5) is 0 Å². The van der Waals surface area contributed by atoms with E-state index in [1.165, 1.54) is 6.07 Å². The van der Waals surface area contributed by atoms with Gasteiger partial charge in [0.2, 0.25) is 10.0 Å². The lowest BCUT2D eigenvalue weighted by Gasteiger charge is -2.23. The number of aryl methyl sites for hydroxylation is 2. The van der Waals surface area contributed by atoms with Crippen molar-refractivity contribution in [2.75, 3.05) is 11.5 Å². The summed E-state index contributed by atoms with van der Waals surface area (Å²) in [7, 11) is -6.86. The molecule has 0 aliphatic carbocycles.